The van der Waals surface area contributed by atoms with Gasteiger partial charge in [0, 0.05) is 19.4 Å². The van der Waals surface area contributed by atoms with E-state index in [1.165, 1.54) is 43.0 Å². The van der Waals surface area contributed by atoms with Gasteiger partial charge in [0.05, 0.1) is 19.5 Å². The summed E-state index contributed by atoms with van der Waals surface area (Å²) in [5.74, 6) is 1.62. The molecule has 4 atom stereocenters. The molecule has 1 saturated heterocycles. The van der Waals surface area contributed by atoms with Gasteiger partial charge in [-0.3, -0.25) is 14.7 Å². The van der Waals surface area contributed by atoms with Crippen LogP contribution < -0.4 is 5.32 Å². The molecule has 1 aliphatic heterocycles. The third kappa shape index (κ3) is 11.9. The highest BCUT2D eigenvalue weighted by atomic mass is 19.1. The zero-order valence-electron chi connectivity index (χ0n) is 28.3. The standard InChI is InChI=1S/C34H52FN5O8/c1-4-7-9-11-13-15-17-19-45-21-25(22-46-28(43)18-16-14-12-10-8-5-2)47-33(44)38-30-29-31(39-32(35)37-30)40(24-36-29)27-20-26(42)34(6-3,23-41)48-27/h3,24-27,41-42H,4-5,7-23H2,1-2H3,(H,37,38,39,44)/t25?,26-,27+,34+/m0/s1. The maximum Gasteiger partial charge on any atom is 0.413 e. The minimum atomic E-state index is -1.64. The van der Waals surface area contributed by atoms with Gasteiger partial charge < -0.3 is 29.2 Å². The number of carbonyl (C=O) groups excluding carboxylic acids is 2. The molecule has 3 N–H and O–H groups in total. The molecule has 0 aliphatic carbocycles. The highest BCUT2D eigenvalue weighted by molar-refractivity contribution is 5.93. The molecule has 2 aromatic rings. The molecule has 0 aromatic carbocycles. The lowest BCUT2D eigenvalue weighted by atomic mass is 9.99. The summed E-state index contributed by atoms with van der Waals surface area (Å²) < 4.78 is 38.4. The van der Waals surface area contributed by atoms with Gasteiger partial charge in [-0.25, -0.2) is 9.78 Å². The van der Waals surface area contributed by atoms with Crippen LogP contribution in [0.3, 0.4) is 0 Å². The highest BCUT2D eigenvalue weighted by Crippen LogP contribution is 2.38. The van der Waals surface area contributed by atoms with Crippen molar-refractivity contribution in [3.63, 3.8) is 0 Å². The molecular formula is C34H52FN5O8. The second kappa shape index (κ2) is 20.9. The Kier molecular flexibility index (Phi) is 17.0. The van der Waals surface area contributed by atoms with E-state index < -0.39 is 42.8 Å². The molecule has 14 heteroatoms. The maximum atomic E-state index is 14.6. The lowest BCUT2D eigenvalue weighted by Crippen LogP contribution is -2.41. The largest absolute Gasteiger partial charge is 0.462 e. The Morgan fingerprint density at radius 2 is 1.75 bits per heavy atom. The van der Waals surface area contributed by atoms with Crippen LogP contribution in [0.15, 0.2) is 6.33 Å². The first-order valence-corrected chi connectivity index (χ1v) is 17.3. The number of fused-ring (bicyclic) bond motifs is 1. The van der Waals surface area contributed by atoms with Gasteiger partial charge in [-0.1, -0.05) is 90.4 Å². The number of hydrogen-bond donors (Lipinski definition) is 3. The van der Waals surface area contributed by atoms with Crippen molar-refractivity contribution in [2.45, 2.75) is 134 Å². The smallest absolute Gasteiger partial charge is 0.413 e. The number of terminal acetylenes is 1. The van der Waals surface area contributed by atoms with Crippen LogP contribution in [0.1, 0.15) is 116 Å². The summed E-state index contributed by atoms with van der Waals surface area (Å²) in [6.45, 7) is 3.96. The highest BCUT2D eigenvalue weighted by Gasteiger charge is 2.48. The number of imidazole rings is 1. The quantitative estimate of drug-likeness (QED) is 0.0581. The Morgan fingerprint density at radius 1 is 1.08 bits per heavy atom. The maximum absolute atomic E-state index is 14.6. The Morgan fingerprint density at radius 3 is 2.40 bits per heavy atom. The number of rotatable bonds is 23. The third-order valence-electron chi connectivity index (χ3n) is 8.35. The van der Waals surface area contributed by atoms with E-state index in [0.29, 0.717) is 6.61 Å². The van der Waals surface area contributed by atoms with Gasteiger partial charge in [0.25, 0.3) is 0 Å². The van der Waals surface area contributed by atoms with Crippen molar-refractivity contribution >= 4 is 29.0 Å². The molecule has 1 unspecified atom stereocenters. The number of nitrogens with one attached hydrogen (secondary N) is 1. The van der Waals surface area contributed by atoms with Crippen molar-refractivity contribution in [1.82, 2.24) is 19.5 Å². The fraction of sp³-hybridized carbons (Fsp3) is 0.735. The number of halogens is 1. The second-order valence-corrected chi connectivity index (χ2v) is 12.2. The van der Waals surface area contributed by atoms with Crippen molar-refractivity contribution in [2.24, 2.45) is 0 Å². The number of carbonyl (C=O) groups is 2. The van der Waals surface area contributed by atoms with E-state index in [4.69, 9.17) is 25.4 Å². The topological polar surface area (TPSA) is 167 Å². The predicted molar refractivity (Wildman–Crippen MR) is 176 cm³/mol. The number of nitrogens with zero attached hydrogens (tertiary/aromatic N) is 4. The van der Waals surface area contributed by atoms with Crippen LogP contribution in [0.4, 0.5) is 15.0 Å². The Hall–Kier alpha value is -3.38. The van der Waals surface area contributed by atoms with Gasteiger partial charge in [-0.15, -0.1) is 6.42 Å². The van der Waals surface area contributed by atoms with E-state index in [1.54, 1.807) is 0 Å². The van der Waals surface area contributed by atoms with E-state index in [1.807, 2.05) is 0 Å². The van der Waals surface area contributed by atoms with Crippen molar-refractivity contribution in [3.8, 4) is 12.3 Å². The number of amides is 1. The zero-order chi connectivity index (χ0) is 34.8. The summed E-state index contributed by atoms with van der Waals surface area (Å²) >= 11 is 0. The van der Waals surface area contributed by atoms with Crippen LogP contribution in [-0.4, -0.2) is 86.0 Å². The molecule has 0 spiro atoms. The molecule has 1 amide bonds. The number of anilines is 1. The Balaban J connectivity index is 1.60. The van der Waals surface area contributed by atoms with Crippen molar-refractivity contribution in [3.05, 3.63) is 12.4 Å². The molecule has 0 saturated carbocycles. The van der Waals surface area contributed by atoms with E-state index in [0.717, 1.165) is 51.4 Å². The SMILES string of the molecule is C#C[C@]1(CO)O[C@@H](n2cnc3c(NC(=O)OC(COCCCCCCCCC)COC(=O)CCCCCCCC)nc(F)nc32)C[C@@H]1O. The minimum absolute atomic E-state index is 0.00114. The first-order valence-electron chi connectivity index (χ1n) is 17.3. The van der Waals surface area contributed by atoms with Crippen LogP contribution in [0.2, 0.25) is 0 Å². The fourth-order valence-electron chi connectivity index (χ4n) is 5.50. The van der Waals surface area contributed by atoms with Crippen molar-refractivity contribution < 1.29 is 43.1 Å². The van der Waals surface area contributed by atoms with E-state index in [2.05, 4.69) is 40.0 Å². The molecule has 268 valence electrons. The van der Waals surface area contributed by atoms with Gasteiger partial charge in [-0.05, 0) is 12.8 Å². The summed E-state index contributed by atoms with van der Waals surface area (Å²) in [6, 6.07) is 0. The third-order valence-corrected chi connectivity index (χ3v) is 8.35. The number of hydrogen-bond acceptors (Lipinski definition) is 11. The van der Waals surface area contributed by atoms with Gasteiger partial charge in [-0.2, -0.15) is 14.4 Å². The number of aliphatic hydroxyl groups is 2. The molecule has 2 aromatic heterocycles. The van der Waals surface area contributed by atoms with Gasteiger partial charge in [0.2, 0.25) is 0 Å². The molecule has 13 nitrogen and oxygen atoms in total. The lowest BCUT2D eigenvalue weighted by molar-refractivity contribution is -0.147. The second-order valence-electron chi connectivity index (χ2n) is 12.2. The van der Waals surface area contributed by atoms with Gasteiger partial charge in [0.15, 0.2) is 28.7 Å². The molecule has 0 bridgehead atoms. The van der Waals surface area contributed by atoms with Crippen molar-refractivity contribution in [2.75, 3.05) is 31.7 Å². The van der Waals surface area contributed by atoms with Crippen LogP contribution >= 0.6 is 0 Å². The predicted octanol–water partition coefficient (Wildman–Crippen LogP) is 5.59. The summed E-state index contributed by atoms with van der Waals surface area (Å²) in [4.78, 5) is 37.1. The number of aliphatic hydroxyl groups excluding tert-OH is 2. The van der Waals surface area contributed by atoms with E-state index >= 15 is 0 Å². The molecule has 0 radical (unpaired) electrons. The van der Waals surface area contributed by atoms with Gasteiger partial charge in [0.1, 0.15) is 18.9 Å². The normalized spacial score (nSPS) is 19.7. The molecule has 3 rings (SSSR count). The average Bonchev–Trinajstić information content (AvgIpc) is 3.64. The van der Waals surface area contributed by atoms with Gasteiger partial charge >= 0.3 is 18.1 Å². The molecular weight excluding hydrogens is 625 g/mol. The summed E-state index contributed by atoms with van der Waals surface area (Å²) in [5.41, 5.74) is -1.66. The molecule has 3 heterocycles. The van der Waals surface area contributed by atoms with E-state index in [-0.39, 0.29) is 49.0 Å². The molecule has 1 fully saturated rings. The molecule has 48 heavy (non-hydrogen) atoms. The number of aromatic nitrogens is 4. The van der Waals surface area contributed by atoms with Crippen molar-refractivity contribution in [1.29, 1.82) is 0 Å². The van der Waals surface area contributed by atoms with Crippen LogP contribution in [-0.2, 0) is 23.7 Å². The first kappa shape index (κ1) is 39.1. The van der Waals surface area contributed by atoms with Crippen LogP contribution in [0, 0.1) is 18.4 Å². The monoisotopic (exact) mass is 677 g/mol. The van der Waals surface area contributed by atoms with Crippen LogP contribution in [0.5, 0.6) is 0 Å². The summed E-state index contributed by atoms with van der Waals surface area (Å²) in [5, 5.41) is 22.5. The number of esters is 1. The minimum Gasteiger partial charge on any atom is -0.462 e. The average molecular weight is 678 g/mol. The van der Waals surface area contributed by atoms with Crippen LogP contribution in [0.25, 0.3) is 11.2 Å². The lowest BCUT2D eigenvalue weighted by Gasteiger charge is -2.23. The fourth-order valence-corrected chi connectivity index (χ4v) is 5.50. The zero-order valence-corrected chi connectivity index (χ0v) is 28.3. The number of unbranched alkanes of at least 4 members (excludes halogenated alkanes) is 11. The van der Waals surface area contributed by atoms with E-state index in [9.17, 15) is 24.2 Å². The molecule has 1 aliphatic rings. The summed E-state index contributed by atoms with van der Waals surface area (Å²) in [6.07, 6.45) is 15.9. The number of ether oxygens (including phenoxy) is 4. The Bertz CT molecular complexity index is 1320. The summed E-state index contributed by atoms with van der Waals surface area (Å²) in [7, 11) is 0. The Labute approximate surface area is 282 Å². The first-order chi connectivity index (χ1) is 23.3.